The van der Waals surface area contributed by atoms with Crippen LogP contribution in [0.4, 0.5) is 0 Å². The number of piperidine rings is 1. The molecule has 0 bridgehead atoms. The smallest absolute Gasteiger partial charge is 0.271 e. The highest BCUT2D eigenvalue weighted by molar-refractivity contribution is 5.93. The van der Waals surface area contributed by atoms with Crippen LogP contribution < -0.4 is 11.1 Å². The minimum absolute atomic E-state index is 0.0307. The second-order valence-corrected chi connectivity index (χ2v) is 6.26. The first-order chi connectivity index (χ1) is 12.6. The number of likely N-dealkylation sites (tertiary alicyclic amines) is 1. The molecule has 0 saturated carbocycles. The number of hydrogen-bond donors (Lipinski definition) is 2. The van der Waals surface area contributed by atoms with Crippen molar-refractivity contribution in [1.82, 2.24) is 25.2 Å². The molecule has 136 valence electrons. The molecule has 3 rings (SSSR count). The largest absolute Gasteiger partial charge is 0.364 e. The SMILES string of the molecule is NC(=O)c1cnc(C(=O)NCC(c2cccnc2)N2CCCCC2)cn1. The van der Waals surface area contributed by atoms with Gasteiger partial charge in [-0.3, -0.25) is 19.5 Å². The highest BCUT2D eigenvalue weighted by Crippen LogP contribution is 2.23. The zero-order valence-electron chi connectivity index (χ0n) is 14.5. The van der Waals surface area contributed by atoms with Crippen molar-refractivity contribution in [2.45, 2.75) is 25.3 Å². The predicted octanol–water partition coefficient (Wildman–Crippen LogP) is 0.927. The summed E-state index contributed by atoms with van der Waals surface area (Å²) in [7, 11) is 0. The number of nitrogens with one attached hydrogen (secondary N) is 1. The lowest BCUT2D eigenvalue weighted by molar-refractivity contribution is 0.0916. The maximum atomic E-state index is 12.4. The van der Waals surface area contributed by atoms with E-state index in [1.165, 1.54) is 18.8 Å². The Morgan fingerprint density at radius 2 is 1.85 bits per heavy atom. The number of nitrogens with two attached hydrogens (primary N) is 1. The van der Waals surface area contributed by atoms with E-state index < -0.39 is 5.91 Å². The van der Waals surface area contributed by atoms with E-state index in [2.05, 4.69) is 25.2 Å². The molecule has 26 heavy (non-hydrogen) atoms. The molecule has 8 nitrogen and oxygen atoms in total. The third kappa shape index (κ3) is 4.40. The number of carbonyl (C=O) groups is 2. The molecular weight excluding hydrogens is 332 g/mol. The number of rotatable bonds is 6. The lowest BCUT2D eigenvalue weighted by atomic mass is 10.0. The Balaban J connectivity index is 1.68. The van der Waals surface area contributed by atoms with Crippen molar-refractivity contribution in [3.05, 3.63) is 53.9 Å². The van der Waals surface area contributed by atoms with E-state index in [4.69, 9.17) is 5.73 Å². The molecule has 0 aromatic carbocycles. The van der Waals surface area contributed by atoms with Crippen LogP contribution in [0, 0.1) is 0 Å². The maximum Gasteiger partial charge on any atom is 0.271 e. The number of aromatic nitrogens is 3. The molecule has 0 radical (unpaired) electrons. The minimum Gasteiger partial charge on any atom is -0.364 e. The fourth-order valence-electron chi connectivity index (χ4n) is 3.11. The minimum atomic E-state index is -0.675. The van der Waals surface area contributed by atoms with E-state index in [-0.39, 0.29) is 23.3 Å². The topological polar surface area (TPSA) is 114 Å². The Kier molecular flexibility index (Phi) is 5.85. The van der Waals surface area contributed by atoms with Crippen LogP contribution in [-0.2, 0) is 0 Å². The third-order valence-electron chi connectivity index (χ3n) is 4.49. The highest BCUT2D eigenvalue weighted by Gasteiger charge is 2.23. The first-order valence-electron chi connectivity index (χ1n) is 8.69. The van der Waals surface area contributed by atoms with Crippen molar-refractivity contribution >= 4 is 11.8 Å². The van der Waals surface area contributed by atoms with Gasteiger partial charge in [0.2, 0.25) is 0 Å². The van der Waals surface area contributed by atoms with Crippen molar-refractivity contribution < 1.29 is 9.59 Å². The van der Waals surface area contributed by atoms with E-state index >= 15 is 0 Å². The summed E-state index contributed by atoms with van der Waals surface area (Å²) in [6, 6.07) is 3.99. The molecule has 0 aliphatic carbocycles. The second kappa shape index (κ2) is 8.48. The number of amides is 2. The third-order valence-corrected chi connectivity index (χ3v) is 4.49. The summed E-state index contributed by atoms with van der Waals surface area (Å²) in [5.74, 6) is -1.01. The van der Waals surface area contributed by atoms with Gasteiger partial charge in [0, 0.05) is 18.9 Å². The summed E-state index contributed by atoms with van der Waals surface area (Å²) in [5.41, 5.74) is 6.39. The highest BCUT2D eigenvalue weighted by atomic mass is 16.2. The molecule has 2 amide bonds. The lowest BCUT2D eigenvalue weighted by Gasteiger charge is -2.34. The second-order valence-electron chi connectivity index (χ2n) is 6.26. The molecule has 1 unspecified atom stereocenters. The van der Waals surface area contributed by atoms with Gasteiger partial charge in [0.1, 0.15) is 11.4 Å². The monoisotopic (exact) mass is 354 g/mol. The van der Waals surface area contributed by atoms with Crippen LogP contribution in [0.15, 0.2) is 36.9 Å². The van der Waals surface area contributed by atoms with Crippen LogP contribution in [0.5, 0.6) is 0 Å². The summed E-state index contributed by atoms with van der Waals surface area (Å²) in [6.45, 7) is 2.45. The van der Waals surface area contributed by atoms with Gasteiger partial charge in [-0.15, -0.1) is 0 Å². The van der Waals surface area contributed by atoms with Crippen molar-refractivity contribution in [2.75, 3.05) is 19.6 Å². The standard InChI is InChI=1S/C18H22N6O2/c19-17(25)14-10-22-15(11-21-14)18(26)23-12-16(13-5-4-6-20-9-13)24-7-2-1-3-8-24/h4-6,9-11,16H,1-3,7-8,12H2,(H2,19,25)(H,23,26). The lowest BCUT2D eigenvalue weighted by Crippen LogP contribution is -2.40. The average molecular weight is 354 g/mol. The zero-order chi connectivity index (χ0) is 18.4. The van der Waals surface area contributed by atoms with E-state index in [1.807, 2.05) is 18.3 Å². The fraction of sp³-hybridized carbons (Fsp3) is 0.389. The Morgan fingerprint density at radius 1 is 1.12 bits per heavy atom. The normalized spacial score (nSPS) is 16.0. The number of hydrogen-bond acceptors (Lipinski definition) is 6. The van der Waals surface area contributed by atoms with Gasteiger partial charge in [0.25, 0.3) is 11.8 Å². The van der Waals surface area contributed by atoms with E-state index in [9.17, 15) is 9.59 Å². The van der Waals surface area contributed by atoms with Gasteiger partial charge in [0.05, 0.1) is 18.4 Å². The van der Waals surface area contributed by atoms with Crippen LogP contribution >= 0.6 is 0 Å². The zero-order valence-corrected chi connectivity index (χ0v) is 14.5. The molecule has 1 aliphatic rings. The molecule has 2 aromatic heterocycles. The average Bonchev–Trinajstić information content (AvgIpc) is 2.69. The van der Waals surface area contributed by atoms with Gasteiger partial charge in [-0.25, -0.2) is 9.97 Å². The Morgan fingerprint density at radius 3 is 2.46 bits per heavy atom. The van der Waals surface area contributed by atoms with E-state index in [1.54, 1.807) is 6.20 Å². The van der Waals surface area contributed by atoms with Crippen molar-refractivity contribution in [2.24, 2.45) is 5.73 Å². The summed E-state index contributed by atoms with van der Waals surface area (Å²) < 4.78 is 0. The number of pyridine rings is 1. The molecule has 8 heteroatoms. The molecule has 2 aromatic rings. The van der Waals surface area contributed by atoms with Gasteiger partial charge in [-0.2, -0.15) is 0 Å². The summed E-state index contributed by atoms with van der Waals surface area (Å²) in [4.78, 5) is 37.8. The maximum absolute atomic E-state index is 12.4. The van der Waals surface area contributed by atoms with Crippen molar-refractivity contribution in [3.8, 4) is 0 Å². The first kappa shape index (κ1) is 17.9. The van der Waals surface area contributed by atoms with Gasteiger partial charge in [0.15, 0.2) is 0 Å². The number of primary amides is 1. The molecule has 3 N–H and O–H groups in total. The molecule has 1 aliphatic heterocycles. The van der Waals surface area contributed by atoms with Crippen LogP contribution in [0.25, 0.3) is 0 Å². The van der Waals surface area contributed by atoms with Crippen molar-refractivity contribution in [1.29, 1.82) is 0 Å². The first-order valence-corrected chi connectivity index (χ1v) is 8.69. The van der Waals surface area contributed by atoms with E-state index in [0.29, 0.717) is 6.54 Å². The molecule has 1 atom stereocenters. The van der Waals surface area contributed by atoms with Crippen LogP contribution in [-0.4, -0.2) is 51.3 Å². The van der Waals surface area contributed by atoms with Crippen molar-refractivity contribution in [3.63, 3.8) is 0 Å². The predicted molar refractivity (Wildman–Crippen MR) is 95.3 cm³/mol. The molecule has 1 saturated heterocycles. The van der Waals surface area contributed by atoms with Crippen LogP contribution in [0.1, 0.15) is 51.8 Å². The van der Waals surface area contributed by atoms with Crippen LogP contribution in [0.3, 0.4) is 0 Å². The summed E-state index contributed by atoms with van der Waals surface area (Å²) >= 11 is 0. The molecule has 0 spiro atoms. The fourth-order valence-corrected chi connectivity index (χ4v) is 3.11. The van der Waals surface area contributed by atoms with Crippen LogP contribution in [0.2, 0.25) is 0 Å². The van der Waals surface area contributed by atoms with E-state index in [0.717, 1.165) is 31.5 Å². The molecular formula is C18H22N6O2. The Labute approximate surface area is 151 Å². The van der Waals surface area contributed by atoms with Gasteiger partial charge >= 0.3 is 0 Å². The molecule has 3 heterocycles. The Hall–Kier alpha value is -2.87. The summed E-state index contributed by atoms with van der Waals surface area (Å²) in [6.07, 6.45) is 9.61. The van der Waals surface area contributed by atoms with Gasteiger partial charge < -0.3 is 11.1 Å². The molecule has 1 fully saturated rings. The number of carbonyl (C=O) groups excluding carboxylic acids is 2. The van der Waals surface area contributed by atoms with Gasteiger partial charge in [-0.1, -0.05) is 12.5 Å². The Bertz CT molecular complexity index is 744. The summed E-state index contributed by atoms with van der Waals surface area (Å²) in [5, 5.41) is 2.92. The van der Waals surface area contributed by atoms with Gasteiger partial charge in [-0.05, 0) is 37.6 Å². The quantitative estimate of drug-likeness (QED) is 0.797. The number of nitrogens with zero attached hydrogens (tertiary/aromatic N) is 4.